The number of rotatable bonds is 6. The number of hydrogen-bond acceptors (Lipinski definition) is 5. The van der Waals surface area contributed by atoms with Gasteiger partial charge in [0.1, 0.15) is 0 Å². The molecule has 1 aromatic heterocycles. The van der Waals surface area contributed by atoms with E-state index in [1.165, 1.54) is 5.39 Å². The summed E-state index contributed by atoms with van der Waals surface area (Å²) in [5, 5.41) is 2.60. The van der Waals surface area contributed by atoms with Crippen LogP contribution in [0.4, 0.5) is 0 Å². The Kier molecular flexibility index (Phi) is 8.10. The number of pyridine rings is 1. The van der Waals surface area contributed by atoms with Crippen molar-refractivity contribution in [3.63, 3.8) is 0 Å². The number of ether oxygens (including phenoxy) is 2. The molecule has 1 aliphatic rings. The van der Waals surface area contributed by atoms with E-state index in [4.69, 9.17) is 14.5 Å². The van der Waals surface area contributed by atoms with Gasteiger partial charge < -0.3 is 9.47 Å². The van der Waals surface area contributed by atoms with Gasteiger partial charge in [0.2, 0.25) is 0 Å². The number of benzene rings is 1. The summed E-state index contributed by atoms with van der Waals surface area (Å²) in [7, 11) is 0. The van der Waals surface area contributed by atoms with Gasteiger partial charge in [-0.3, -0.25) is 0 Å². The van der Waals surface area contributed by atoms with Crippen LogP contribution >= 0.6 is 23.5 Å². The van der Waals surface area contributed by atoms with Crippen LogP contribution in [-0.4, -0.2) is 35.1 Å². The monoisotopic (exact) mass is 558 g/mol. The fraction of sp³-hybridized carbons (Fsp3) is 0.375. The fourth-order valence-corrected chi connectivity index (χ4v) is 3.64. The maximum atomic E-state index is 5.66. The van der Waals surface area contributed by atoms with Gasteiger partial charge in [0.05, 0.1) is 29.2 Å². The van der Waals surface area contributed by atoms with Crippen molar-refractivity contribution in [3.05, 3.63) is 43.0 Å². The molecule has 1 saturated heterocycles. The molecule has 0 radical (unpaired) electrons. The molecule has 3 nitrogen and oxygen atoms in total. The molecule has 2 heterocycles. The molecular weight excluding hydrogens is 540 g/mol. The van der Waals surface area contributed by atoms with Crippen molar-refractivity contribution in [2.24, 2.45) is 0 Å². The van der Waals surface area contributed by atoms with E-state index >= 15 is 0 Å². The smallest absolute Gasteiger partial charge is 0.0970 e. The van der Waals surface area contributed by atoms with Crippen LogP contribution in [-0.2, 0) is 9.47 Å². The van der Waals surface area contributed by atoms with E-state index in [2.05, 4.69) is 24.3 Å². The van der Waals surface area contributed by atoms with Crippen molar-refractivity contribution < 1.29 is 40.6 Å². The van der Waals surface area contributed by atoms with E-state index in [9.17, 15) is 0 Å². The Morgan fingerprint density at radius 3 is 3.05 bits per heavy atom. The fourth-order valence-electron chi connectivity index (χ4n) is 2.30. The zero-order chi connectivity index (χ0) is 14.5. The summed E-state index contributed by atoms with van der Waals surface area (Å²) in [5.41, 5.74) is 1.04. The van der Waals surface area contributed by atoms with E-state index in [0.29, 0.717) is 17.8 Å². The SMILES string of the molecule is CSCOCC1O[CH-]CC1Sc1ccc2ccccc2n1.[U]. The van der Waals surface area contributed by atoms with Gasteiger partial charge in [-0.05, 0) is 18.4 Å². The van der Waals surface area contributed by atoms with Gasteiger partial charge in [-0.1, -0.05) is 24.3 Å². The molecule has 0 spiro atoms. The molecule has 0 bridgehead atoms. The Morgan fingerprint density at radius 2 is 2.18 bits per heavy atom. The normalized spacial score (nSPS) is 21.0. The summed E-state index contributed by atoms with van der Waals surface area (Å²) in [6.07, 6.45) is 3.09. The Hall–Kier alpha value is 0.302. The van der Waals surface area contributed by atoms with E-state index in [-0.39, 0.29) is 37.2 Å². The first-order valence-corrected chi connectivity index (χ1v) is 9.20. The summed E-state index contributed by atoms with van der Waals surface area (Å²) in [4.78, 5) is 4.72. The number of nitrogens with zero attached hydrogens (tertiary/aromatic N) is 1. The molecule has 22 heavy (non-hydrogen) atoms. The van der Waals surface area contributed by atoms with Crippen LogP contribution in [0.3, 0.4) is 0 Å². The molecule has 2 aromatic rings. The average molecular weight is 558 g/mol. The average Bonchev–Trinajstić information content (AvgIpc) is 2.95. The number of aromatic nitrogens is 1. The van der Waals surface area contributed by atoms with Crippen LogP contribution in [0.1, 0.15) is 6.42 Å². The van der Waals surface area contributed by atoms with Crippen LogP contribution in [0.15, 0.2) is 41.4 Å². The van der Waals surface area contributed by atoms with Crippen molar-refractivity contribution in [1.29, 1.82) is 0 Å². The van der Waals surface area contributed by atoms with Gasteiger partial charge >= 0.3 is 0 Å². The Balaban J connectivity index is 0.00000176. The van der Waals surface area contributed by atoms with Gasteiger partial charge in [0.15, 0.2) is 0 Å². The minimum absolute atomic E-state index is 0. The largest absolute Gasteiger partial charge is 0.547 e. The Labute approximate surface area is 163 Å². The van der Waals surface area contributed by atoms with E-state index in [1.54, 1.807) is 23.5 Å². The summed E-state index contributed by atoms with van der Waals surface area (Å²) in [6, 6.07) is 12.4. The zero-order valence-electron chi connectivity index (χ0n) is 12.4. The second-order valence-electron chi connectivity index (χ2n) is 4.85. The van der Waals surface area contributed by atoms with E-state index < -0.39 is 0 Å². The van der Waals surface area contributed by atoms with Crippen LogP contribution in [0.5, 0.6) is 0 Å². The second-order valence-corrected chi connectivity index (χ2v) is 6.93. The first-order valence-electron chi connectivity index (χ1n) is 6.93. The minimum Gasteiger partial charge on any atom is -0.547 e. The molecule has 2 unspecified atom stereocenters. The first-order chi connectivity index (χ1) is 10.4. The second kappa shape index (κ2) is 9.56. The predicted octanol–water partition coefficient (Wildman–Crippen LogP) is 3.98. The van der Waals surface area contributed by atoms with Gasteiger partial charge in [-0.2, -0.15) is 0 Å². The molecule has 0 aliphatic carbocycles. The van der Waals surface area contributed by atoms with E-state index in [1.807, 2.05) is 25.0 Å². The third-order valence-electron chi connectivity index (χ3n) is 3.34. The first kappa shape index (κ1) is 18.6. The summed E-state index contributed by atoms with van der Waals surface area (Å²) in [5.74, 6) is 0.714. The molecule has 3 rings (SSSR count). The topological polar surface area (TPSA) is 31.4 Å². The number of fused-ring (bicyclic) bond motifs is 1. The quantitative estimate of drug-likeness (QED) is 0.304. The van der Waals surface area contributed by atoms with Crippen molar-refractivity contribution in [3.8, 4) is 0 Å². The standard InChI is InChI=1S/C16H18NO2S2.U/c1-20-11-18-10-14-15(8-9-19-14)21-16-7-6-12-4-2-3-5-13(12)17-16;/h2-7,9,14-15H,8,10-11H2,1H3;/q-1;. The predicted molar refractivity (Wildman–Crippen MR) is 89.5 cm³/mol. The van der Waals surface area contributed by atoms with Gasteiger partial charge in [0.25, 0.3) is 0 Å². The van der Waals surface area contributed by atoms with Crippen molar-refractivity contribution in [2.75, 3.05) is 18.8 Å². The molecule has 2 atom stereocenters. The summed E-state index contributed by atoms with van der Waals surface area (Å²) in [6.45, 7) is 2.54. The molecule has 0 saturated carbocycles. The summed E-state index contributed by atoms with van der Waals surface area (Å²) >= 11 is 3.46. The van der Waals surface area contributed by atoms with Crippen LogP contribution in [0.2, 0.25) is 0 Å². The third kappa shape index (κ3) is 4.90. The molecular formula is C16H18NO2S2U-. The van der Waals surface area contributed by atoms with Crippen LogP contribution in [0, 0.1) is 37.7 Å². The minimum atomic E-state index is 0. The molecule has 116 valence electrons. The zero-order valence-corrected chi connectivity index (χ0v) is 18.2. The number of para-hydroxylation sites is 1. The number of thioether (sulfide) groups is 2. The molecule has 1 aromatic carbocycles. The van der Waals surface area contributed by atoms with Gasteiger partial charge in [0, 0.05) is 41.7 Å². The van der Waals surface area contributed by atoms with Crippen molar-refractivity contribution >= 4 is 34.4 Å². The Bertz CT molecular complexity index is 599. The van der Waals surface area contributed by atoms with Crippen molar-refractivity contribution in [1.82, 2.24) is 4.98 Å². The van der Waals surface area contributed by atoms with E-state index in [0.717, 1.165) is 17.0 Å². The van der Waals surface area contributed by atoms with Crippen LogP contribution < -0.4 is 0 Å². The number of hydrogen-bond donors (Lipinski definition) is 0. The molecule has 1 fully saturated rings. The van der Waals surface area contributed by atoms with Gasteiger partial charge in [-0.15, -0.1) is 29.9 Å². The Morgan fingerprint density at radius 1 is 1.32 bits per heavy atom. The maximum absolute atomic E-state index is 5.66. The van der Waals surface area contributed by atoms with Gasteiger partial charge in [-0.25, -0.2) is 11.6 Å². The maximum Gasteiger partial charge on any atom is 0.0970 e. The molecule has 0 N–H and O–H groups in total. The molecule has 1 aliphatic heterocycles. The summed E-state index contributed by atoms with van der Waals surface area (Å²) < 4.78 is 11.3. The van der Waals surface area contributed by atoms with Crippen LogP contribution in [0.25, 0.3) is 10.9 Å². The van der Waals surface area contributed by atoms with Crippen molar-refractivity contribution in [2.45, 2.75) is 22.8 Å². The molecule has 0 amide bonds. The third-order valence-corrected chi connectivity index (χ3v) is 5.01. The molecule has 6 heteroatoms.